The van der Waals surface area contributed by atoms with Crippen LogP contribution in [0, 0.1) is 10.1 Å². The molecule has 2 heterocycles. The summed E-state index contributed by atoms with van der Waals surface area (Å²) >= 11 is 5.95. The van der Waals surface area contributed by atoms with E-state index in [1.54, 1.807) is 4.68 Å². The highest BCUT2D eigenvalue weighted by Crippen LogP contribution is 2.22. The second-order valence-corrected chi connectivity index (χ2v) is 7.15. The van der Waals surface area contributed by atoms with Crippen LogP contribution in [-0.4, -0.2) is 30.3 Å². The molecule has 0 unspecified atom stereocenters. The maximum atomic E-state index is 12.6. The number of nitro benzene ring substituents is 1. The highest BCUT2D eigenvalue weighted by Gasteiger charge is 2.21. The normalized spacial score (nSPS) is 11.6. The average Bonchev–Trinajstić information content (AvgIpc) is 3.02. The van der Waals surface area contributed by atoms with Crippen LogP contribution in [0.2, 0.25) is 5.02 Å². The van der Waals surface area contributed by atoms with Gasteiger partial charge in [-0.3, -0.25) is 25.1 Å². The van der Waals surface area contributed by atoms with Crippen molar-refractivity contribution in [2.24, 2.45) is 0 Å². The molecule has 3 rings (SSSR count). The molecule has 0 radical (unpaired) electrons. The van der Waals surface area contributed by atoms with Gasteiger partial charge in [0.1, 0.15) is 11.7 Å². The zero-order chi connectivity index (χ0) is 19.9. The molecule has 0 bridgehead atoms. The number of carbonyl (C=O) groups excluding carboxylic acids is 1. The summed E-state index contributed by atoms with van der Waals surface area (Å²) in [7, 11) is 0. The Labute approximate surface area is 157 Å². The minimum Gasteiger partial charge on any atom is -0.267 e. The van der Waals surface area contributed by atoms with E-state index in [1.165, 1.54) is 18.3 Å². The predicted octanol–water partition coefficient (Wildman–Crippen LogP) is 2.29. The Bertz CT molecular complexity index is 1130. The number of amides is 1. The standard InChI is InChI=1S/C16H15ClN6O4/c1-16(2,3)22-13-11(7-19-22)15(25)21(8-18-13)20-14(24)10-6-9(23(26)27)4-5-12(10)17/h4-8H,1-3H3,(H,20,24). The lowest BCUT2D eigenvalue weighted by Crippen LogP contribution is -2.33. The molecule has 3 aromatic rings. The molecule has 0 aliphatic carbocycles. The third-order valence-corrected chi connectivity index (χ3v) is 4.08. The van der Waals surface area contributed by atoms with Crippen LogP contribution in [0.5, 0.6) is 0 Å². The van der Waals surface area contributed by atoms with Gasteiger partial charge in [-0.2, -0.15) is 5.10 Å². The zero-order valence-corrected chi connectivity index (χ0v) is 15.4. The van der Waals surface area contributed by atoms with Gasteiger partial charge in [0, 0.05) is 12.1 Å². The van der Waals surface area contributed by atoms with Gasteiger partial charge in [0.2, 0.25) is 0 Å². The Morgan fingerprint density at radius 1 is 1.33 bits per heavy atom. The largest absolute Gasteiger partial charge is 0.283 e. The lowest BCUT2D eigenvalue weighted by Gasteiger charge is -2.19. The predicted molar refractivity (Wildman–Crippen MR) is 98.6 cm³/mol. The molecule has 0 saturated heterocycles. The first-order valence-electron chi connectivity index (χ1n) is 7.81. The van der Waals surface area contributed by atoms with Crippen LogP contribution in [0.1, 0.15) is 31.1 Å². The molecule has 2 aromatic heterocycles. The molecule has 27 heavy (non-hydrogen) atoms. The fourth-order valence-electron chi connectivity index (χ4n) is 2.45. The number of rotatable bonds is 3. The number of aromatic nitrogens is 4. The molecule has 140 valence electrons. The Hall–Kier alpha value is -3.27. The van der Waals surface area contributed by atoms with Gasteiger partial charge in [-0.1, -0.05) is 11.6 Å². The van der Waals surface area contributed by atoms with Crippen LogP contribution in [0.15, 0.2) is 35.5 Å². The quantitative estimate of drug-likeness (QED) is 0.540. The van der Waals surface area contributed by atoms with Crippen molar-refractivity contribution >= 4 is 34.2 Å². The summed E-state index contributed by atoms with van der Waals surface area (Å²) in [6.45, 7) is 5.75. The number of halogens is 1. The van der Waals surface area contributed by atoms with Crippen molar-refractivity contribution in [3.63, 3.8) is 0 Å². The molecule has 0 spiro atoms. The molecule has 0 aliphatic heterocycles. The monoisotopic (exact) mass is 390 g/mol. The first-order valence-corrected chi connectivity index (χ1v) is 8.18. The first kappa shape index (κ1) is 18.5. The molecule has 10 nitrogen and oxygen atoms in total. The number of nitrogens with one attached hydrogen (secondary N) is 1. The maximum Gasteiger partial charge on any atom is 0.283 e. The minimum atomic E-state index is -0.782. The van der Waals surface area contributed by atoms with E-state index >= 15 is 0 Å². The number of hydrogen-bond donors (Lipinski definition) is 1. The highest BCUT2D eigenvalue weighted by atomic mass is 35.5. The smallest absolute Gasteiger partial charge is 0.267 e. The Kier molecular flexibility index (Phi) is 4.44. The highest BCUT2D eigenvalue weighted by molar-refractivity contribution is 6.34. The first-order chi connectivity index (χ1) is 12.6. The second kappa shape index (κ2) is 6.47. The Morgan fingerprint density at radius 2 is 2.04 bits per heavy atom. The van der Waals surface area contributed by atoms with Crippen LogP contribution < -0.4 is 11.0 Å². The van der Waals surface area contributed by atoms with E-state index in [-0.39, 0.29) is 27.2 Å². The molecule has 0 fully saturated rings. The Balaban J connectivity index is 1.99. The number of benzene rings is 1. The van der Waals surface area contributed by atoms with Gasteiger partial charge in [0.15, 0.2) is 5.65 Å². The fourth-order valence-corrected chi connectivity index (χ4v) is 2.66. The van der Waals surface area contributed by atoms with E-state index in [4.69, 9.17) is 11.6 Å². The van der Waals surface area contributed by atoms with Crippen LogP contribution in [0.4, 0.5) is 5.69 Å². The van der Waals surface area contributed by atoms with Gasteiger partial charge in [0.25, 0.3) is 17.2 Å². The van der Waals surface area contributed by atoms with E-state index in [0.717, 1.165) is 17.1 Å². The molecular weight excluding hydrogens is 376 g/mol. The summed E-state index contributed by atoms with van der Waals surface area (Å²) in [6.07, 6.45) is 2.52. The van der Waals surface area contributed by atoms with Gasteiger partial charge in [-0.25, -0.2) is 14.3 Å². The number of nitro groups is 1. The summed E-state index contributed by atoms with van der Waals surface area (Å²) in [5.41, 5.74) is 1.36. The molecule has 0 saturated carbocycles. The van der Waals surface area contributed by atoms with Crippen molar-refractivity contribution in [1.29, 1.82) is 0 Å². The van der Waals surface area contributed by atoms with Gasteiger partial charge in [-0.05, 0) is 26.8 Å². The summed E-state index contributed by atoms with van der Waals surface area (Å²) in [5, 5.41) is 15.3. The van der Waals surface area contributed by atoms with Crippen molar-refractivity contribution in [3.05, 3.63) is 61.8 Å². The van der Waals surface area contributed by atoms with Crippen LogP contribution in [-0.2, 0) is 5.54 Å². The lowest BCUT2D eigenvalue weighted by atomic mass is 10.1. The molecule has 1 N–H and O–H groups in total. The SMILES string of the molecule is CC(C)(C)n1ncc2c(=O)n(NC(=O)c3cc([N+](=O)[O-])ccc3Cl)cnc21. The van der Waals surface area contributed by atoms with Crippen LogP contribution in [0.3, 0.4) is 0 Å². The summed E-state index contributed by atoms with van der Waals surface area (Å²) < 4.78 is 2.49. The number of carbonyl (C=O) groups is 1. The van der Waals surface area contributed by atoms with Crippen molar-refractivity contribution in [1.82, 2.24) is 19.4 Å². The van der Waals surface area contributed by atoms with Gasteiger partial charge >= 0.3 is 0 Å². The summed E-state index contributed by atoms with van der Waals surface area (Å²) in [4.78, 5) is 39.5. The molecule has 1 amide bonds. The topological polar surface area (TPSA) is 125 Å². The van der Waals surface area contributed by atoms with E-state index in [2.05, 4.69) is 15.5 Å². The van der Waals surface area contributed by atoms with Crippen molar-refractivity contribution < 1.29 is 9.72 Å². The Morgan fingerprint density at radius 3 is 2.67 bits per heavy atom. The minimum absolute atomic E-state index is 0.0146. The molecule has 0 atom stereocenters. The fraction of sp³-hybridized carbons (Fsp3) is 0.250. The van der Waals surface area contributed by atoms with Crippen LogP contribution in [0.25, 0.3) is 11.0 Å². The maximum absolute atomic E-state index is 12.6. The molecular formula is C16H15ClN6O4. The van der Waals surface area contributed by atoms with Crippen molar-refractivity contribution in [2.75, 3.05) is 5.43 Å². The number of hydrogen-bond acceptors (Lipinski definition) is 6. The van der Waals surface area contributed by atoms with E-state index < -0.39 is 16.4 Å². The van der Waals surface area contributed by atoms with Gasteiger partial charge in [0.05, 0.1) is 27.2 Å². The molecule has 1 aromatic carbocycles. The van der Waals surface area contributed by atoms with Gasteiger partial charge < -0.3 is 0 Å². The number of nitrogens with zero attached hydrogens (tertiary/aromatic N) is 5. The van der Waals surface area contributed by atoms with E-state index in [0.29, 0.717) is 5.65 Å². The second-order valence-electron chi connectivity index (χ2n) is 6.75. The number of non-ortho nitro benzene ring substituents is 1. The summed E-state index contributed by atoms with van der Waals surface area (Å²) in [6, 6.07) is 3.46. The van der Waals surface area contributed by atoms with E-state index in [9.17, 15) is 19.7 Å². The van der Waals surface area contributed by atoms with E-state index in [1.807, 2.05) is 20.8 Å². The third kappa shape index (κ3) is 3.38. The van der Waals surface area contributed by atoms with Crippen LogP contribution >= 0.6 is 11.6 Å². The lowest BCUT2D eigenvalue weighted by molar-refractivity contribution is -0.384. The zero-order valence-electron chi connectivity index (χ0n) is 14.6. The summed E-state index contributed by atoms with van der Waals surface area (Å²) in [5.74, 6) is -0.782. The van der Waals surface area contributed by atoms with Crippen molar-refractivity contribution in [3.8, 4) is 0 Å². The van der Waals surface area contributed by atoms with Gasteiger partial charge in [-0.15, -0.1) is 0 Å². The molecule has 0 aliphatic rings. The third-order valence-electron chi connectivity index (χ3n) is 3.75. The number of fused-ring (bicyclic) bond motifs is 1. The van der Waals surface area contributed by atoms with Crippen molar-refractivity contribution in [2.45, 2.75) is 26.3 Å². The molecule has 11 heteroatoms. The average molecular weight is 391 g/mol.